The van der Waals surface area contributed by atoms with E-state index < -0.39 is 0 Å². The van der Waals surface area contributed by atoms with Gasteiger partial charge in [0.25, 0.3) is 0 Å². The third-order valence-corrected chi connectivity index (χ3v) is 3.01. The quantitative estimate of drug-likeness (QED) is 0.790. The predicted molar refractivity (Wildman–Crippen MR) is 59.1 cm³/mol. The van der Waals surface area contributed by atoms with Crippen molar-refractivity contribution in [2.24, 2.45) is 0 Å². The van der Waals surface area contributed by atoms with Crippen molar-refractivity contribution in [3.63, 3.8) is 0 Å². The molecule has 0 spiro atoms. The lowest BCUT2D eigenvalue weighted by atomic mass is 9.98. The Morgan fingerprint density at radius 3 is 2.54 bits per heavy atom. The van der Waals surface area contributed by atoms with E-state index in [9.17, 15) is 0 Å². The smallest absolute Gasteiger partial charge is 0.0640 e. The fourth-order valence-corrected chi connectivity index (χ4v) is 1.78. The van der Waals surface area contributed by atoms with E-state index >= 15 is 0 Å². The minimum Gasteiger partial charge on any atom is -0.310 e. The highest BCUT2D eigenvalue weighted by atomic mass is 35.5. The first kappa shape index (κ1) is 11.1. The van der Waals surface area contributed by atoms with Crippen LogP contribution in [-0.2, 0) is 0 Å². The van der Waals surface area contributed by atoms with Gasteiger partial charge in [0.2, 0.25) is 0 Å². The Labute approximate surface area is 93.8 Å². The molecule has 2 rings (SSSR count). The summed E-state index contributed by atoms with van der Waals surface area (Å²) in [5.41, 5.74) is 1.12. The molecule has 1 aromatic rings. The predicted octanol–water partition coefficient (Wildman–Crippen LogP) is 3.45. The van der Waals surface area contributed by atoms with Gasteiger partial charge in [-0.05, 0) is 24.6 Å². The second-order valence-corrected chi connectivity index (χ2v) is 3.72. The van der Waals surface area contributed by atoms with Crippen LogP contribution in [0.5, 0.6) is 0 Å². The zero-order valence-electron chi connectivity index (χ0n) is 6.89. The van der Waals surface area contributed by atoms with E-state index in [0.29, 0.717) is 16.1 Å². The van der Waals surface area contributed by atoms with Crippen molar-refractivity contribution in [3.8, 4) is 0 Å². The van der Waals surface area contributed by atoms with Crippen LogP contribution in [-0.4, -0.2) is 6.54 Å². The molecule has 0 amide bonds. The molecular formula is C9H10Cl3N. The molecule has 1 nitrogen and oxygen atoms in total. The van der Waals surface area contributed by atoms with Crippen molar-refractivity contribution in [2.75, 3.05) is 6.54 Å². The van der Waals surface area contributed by atoms with Gasteiger partial charge in [-0.3, -0.25) is 0 Å². The minimum atomic E-state index is 0. The molecule has 1 saturated heterocycles. The van der Waals surface area contributed by atoms with Crippen LogP contribution >= 0.6 is 35.6 Å². The highest BCUT2D eigenvalue weighted by Gasteiger charge is 2.21. The van der Waals surface area contributed by atoms with E-state index in [0.717, 1.165) is 18.5 Å². The number of hydrogen-bond donors (Lipinski definition) is 1. The largest absolute Gasteiger partial charge is 0.310 e. The van der Waals surface area contributed by atoms with Crippen LogP contribution in [0.1, 0.15) is 18.0 Å². The number of halogens is 3. The Balaban J connectivity index is 0.000000845. The Kier molecular flexibility index (Phi) is 3.87. The summed E-state index contributed by atoms with van der Waals surface area (Å²) < 4.78 is 0. The van der Waals surface area contributed by atoms with Crippen LogP contribution in [0.25, 0.3) is 0 Å². The maximum Gasteiger partial charge on any atom is 0.0640 e. The van der Waals surface area contributed by atoms with Crippen molar-refractivity contribution in [3.05, 3.63) is 33.8 Å². The van der Waals surface area contributed by atoms with Gasteiger partial charge in [-0.1, -0.05) is 35.3 Å². The fourth-order valence-electron chi connectivity index (χ4n) is 1.34. The number of hydrogen-bond acceptors (Lipinski definition) is 1. The van der Waals surface area contributed by atoms with Crippen molar-refractivity contribution in [1.82, 2.24) is 5.32 Å². The topological polar surface area (TPSA) is 12.0 Å². The summed E-state index contributed by atoms with van der Waals surface area (Å²) in [7, 11) is 0. The summed E-state index contributed by atoms with van der Waals surface area (Å²) >= 11 is 11.9. The highest BCUT2D eigenvalue weighted by molar-refractivity contribution is 6.42. The molecule has 13 heavy (non-hydrogen) atoms. The normalized spacial score (nSPS) is 20.3. The van der Waals surface area contributed by atoms with Crippen LogP contribution < -0.4 is 5.32 Å². The van der Waals surface area contributed by atoms with E-state index in [1.54, 1.807) is 0 Å². The highest BCUT2D eigenvalue weighted by Crippen LogP contribution is 2.33. The molecule has 1 aliphatic heterocycles. The molecule has 72 valence electrons. The summed E-state index contributed by atoms with van der Waals surface area (Å²) in [5.74, 6) is 0. The minimum absolute atomic E-state index is 0. The van der Waals surface area contributed by atoms with E-state index in [2.05, 4.69) is 5.32 Å². The molecule has 0 aliphatic carbocycles. The first-order valence-electron chi connectivity index (χ1n) is 3.96. The lowest BCUT2D eigenvalue weighted by Gasteiger charge is -2.28. The molecule has 1 unspecified atom stereocenters. The second kappa shape index (κ2) is 4.52. The average Bonchev–Trinajstić information content (AvgIpc) is 1.95. The van der Waals surface area contributed by atoms with Crippen LogP contribution in [0.2, 0.25) is 10.0 Å². The summed E-state index contributed by atoms with van der Waals surface area (Å²) in [6, 6.07) is 6.18. The van der Waals surface area contributed by atoms with Gasteiger partial charge in [0.1, 0.15) is 0 Å². The molecule has 1 aromatic carbocycles. The van der Waals surface area contributed by atoms with Crippen LogP contribution in [0.4, 0.5) is 0 Å². The van der Waals surface area contributed by atoms with Crippen molar-refractivity contribution < 1.29 is 0 Å². The lowest BCUT2D eigenvalue weighted by molar-refractivity contribution is 0.383. The molecule has 0 radical (unpaired) electrons. The molecular weight excluding hydrogens is 228 g/mol. The SMILES string of the molecule is Cl.Clc1cccc(C2CCN2)c1Cl. The maximum absolute atomic E-state index is 6.03. The van der Waals surface area contributed by atoms with E-state index in [-0.39, 0.29) is 12.4 Å². The molecule has 0 aromatic heterocycles. The molecule has 1 atom stereocenters. The number of rotatable bonds is 1. The zero-order chi connectivity index (χ0) is 8.55. The average molecular weight is 239 g/mol. The second-order valence-electron chi connectivity index (χ2n) is 2.94. The molecule has 1 fully saturated rings. The molecule has 1 N–H and O–H groups in total. The fraction of sp³-hybridized carbons (Fsp3) is 0.333. The maximum atomic E-state index is 6.03. The third kappa shape index (κ3) is 2.10. The van der Waals surface area contributed by atoms with Crippen molar-refractivity contribution in [2.45, 2.75) is 12.5 Å². The summed E-state index contributed by atoms with van der Waals surface area (Å²) in [6.07, 6.45) is 1.15. The molecule has 4 heteroatoms. The zero-order valence-corrected chi connectivity index (χ0v) is 9.22. The van der Waals surface area contributed by atoms with Crippen LogP contribution in [0.15, 0.2) is 18.2 Å². The van der Waals surface area contributed by atoms with Gasteiger partial charge in [0.05, 0.1) is 10.0 Å². The van der Waals surface area contributed by atoms with Crippen molar-refractivity contribution in [1.29, 1.82) is 0 Å². The van der Waals surface area contributed by atoms with Gasteiger partial charge in [-0.15, -0.1) is 12.4 Å². The Hall–Kier alpha value is 0.0500. The molecule has 1 heterocycles. The Bertz CT molecular complexity index is 297. The summed E-state index contributed by atoms with van der Waals surface area (Å²) in [4.78, 5) is 0. The van der Waals surface area contributed by atoms with E-state index in [4.69, 9.17) is 23.2 Å². The van der Waals surface area contributed by atoms with E-state index in [1.807, 2.05) is 18.2 Å². The number of benzene rings is 1. The van der Waals surface area contributed by atoms with Crippen molar-refractivity contribution >= 4 is 35.6 Å². The number of nitrogens with one attached hydrogen (secondary N) is 1. The third-order valence-electron chi connectivity index (χ3n) is 2.18. The lowest BCUT2D eigenvalue weighted by Crippen LogP contribution is -2.35. The van der Waals surface area contributed by atoms with Gasteiger partial charge in [0.15, 0.2) is 0 Å². The van der Waals surface area contributed by atoms with E-state index in [1.165, 1.54) is 0 Å². The van der Waals surface area contributed by atoms with Crippen LogP contribution in [0.3, 0.4) is 0 Å². The van der Waals surface area contributed by atoms with Crippen LogP contribution in [0, 0.1) is 0 Å². The summed E-state index contributed by atoms with van der Waals surface area (Å²) in [6.45, 7) is 1.08. The monoisotopic (exact) mass is 237 g/mol. The molecule has 0 bridgehead atoms. The summed E-state index contributed by atoms with van der Waals surface area (Å²) in [5, 5.41) is 4.62. The first-order chi connectivity index (χ1) is 5.79. The van der Waals surface area contributed by atoms with Gasteiger partial charge in [0, 0.05) is 6.04 Å². The Morgan fingerprint density at radius 2 is 2.00 bits per heavy atom. The Morgan fingerprint density at radius 1 is 1.31 bits per heavy atom. The van der Waals surface area contributed by atoms with Gasteiger partial charge < -0.3 is 5.32 Å². The van der Waals surface area contributed by atoms with Gasteiger partial charge >= 0.3 is 0 Å². The van der Waals surface area contributed by atoms with Gasteiger partial charge in [-0.2, -0.15) is 0 Å². The first-order valence-corrected chi connectivity index (χ1v) is 4.72. The molecule has 1 aliphatic rings. The van der Waals surface area contributed by atoms with Gasteiger partial charge in [-0.25, -0.2) is 0 Å². The standard InChI is InChI=1S/C9H9Cl2N.ClH/c10-7-3-1-2-6(9(7)11)8-4-5-12-8;/h1-3,8,12H,4-5H2;1H. The molecule has 0 saturated carbocycles.